The van der Waals surface area contributed by atoms with Gasteiger partial charge in [0.25, 0.3) is 0 Å². The zero-order chi connectivity index (χ0) is 11.8. The van der Waals surface area contributed by atoms with E-state index in [2.05, 4.69) is 4.98 Å². The average molecular weight is 243 g/mol. The molecular formula is C9H4F3N3S. The van der Waals surface area contributed by atoms with Crippen molar-refractivity contribution in [1.82, 2.24) is 9.38 Å². The number of halogens is 3. The van der Waals surface area contributed by atoms with E-state index in [1.54, 1.807) is 0 Å². The van der Waals surface area contributed by atoms with Gasteiger partial charge < -0.3 is 0 Å². The first-order valence-electron chi connectivity index (χ1n) is 4.12. The Morgan fingerprint density at radius 2 is 2.12 bits per heavy atom. The smallest absolute Gasteiger partial charge is 0.293 e. The van der Waals surface area contributed by atoms with Crippen molar-refractivity contribution in [2.45, 2.75) is 10.5 Å². The largest absolute Gasteiger partial charge is 0.447 e. The Balaban J connectivity index is 2.51. The van der Waals surface area contributed by atoms with E-state index in [-0.39, 0.29) is 22.4 Å². The maximum absolute atomic E-state index is 12.2. The molecule has 0 aliphatic heterocycles. The van der Waals surface area contributed by atoms with Gasteiger partial charge in [0.1, 0.15) is 16.7 Å². The highest BCUT2D eigenvalue weighted by molar-refractivity contribution is 8.00. The number of thioether (sulfide) groups is 1. The highest BCUT2D eigenvalue weighted by atomic mass is 32.2. The van der Waals surface area contributed by atoms with Crippen LogP contribution in [0.3, 0.4) is 0 Å². The van der Waals surface area contributed by atoms with Crippen LogP contribution in [-0.4, -0.2) is 14.9 Å². The molecule has 2 heterocycles. The summed E-state index contributed by atoms with van der Waals surface area (Å²) in [6.07, 6.45) is 2.46. The molecule has 0 radical (unpaired) electrons. The highest BCUT2D eigenvalue weighted by Gasteiger charge is 2.30. The first-order valence-corrected chi connectivity index (χ1v) is 4.94. The average Bonchev–Trinajstić information content (AvgIpc) is 2.58. The summed E-state index contributed by atoms with van der Waals surface area (Å²) in [5.41, 5.74) is -3.70. The molecular weight excluding hydrogens is 239 g/mol. The van der Waals surface area contributed by atoms with Gasteiger partial charge in [-0.2, -0.15) is 18.4 Å². The van der Waals surface area contributed by atoms with Crippen LogP contribution >= 0.6 is 11.8 Å². The molecule has 0 N–H and O–H groups in total. The van der Waals surface area contributed by atoms with E-state index in [0.717, 1.165) is 6.20 Å². The van der Waals surface area contributed by atoms with Crippen LogP contribution in [0.2, 0.25) is 0 Å². The summed E-state index contributed by atoms with van der Waals surface area (Å²) in [6.45, 7) is 0. The SMILES string of the molecule is N#Cc1ccc2ncc(SC(F)(F)F)n2c1. The van der Waals surface area contributed by atoms with Crippen LogP contribution in [0.5, 0.6) is 0 Å². The third-order valence-corrected chi connectivity index (χ3v) is 2.56. The molecule has 0 bridgehead atoms. The fourth-order valence-corrected chi connectivity index (χ4v) is 1.81. The van der Waals surface area contributed by atoms with Crippen LogP contribution in [0.1, 0.15) is 5.56 Å². The molecule has 7 heteroatoms. The predicted octanol–water partition coefficient (Wildman–Crippen LogP) is 2.82. The van der Waals surface area contributed by atoms with Crippen LogP contribution in [0.4, 0.5) is 13.2 Å². The lowest BCUT2D eigenvalue weighted by Gasteiger charge is -2.04. The number of nitrogens with zero attached hydrogens (tertiary/aromatic N) is 3. The number of alkyl halides is 3. The lowest BCUT2D eigenvalue weighted by atomic mass is 10.3. The standard InChI is InChI=1S/C9H4F3N3S/c10-9(11,12)16-8-4-14-7-2-1-6(3-13)5-15(7)8/h1-2,4-5H. The van der Waals surface area contributed by atoms with Crippen molar-refractivity contribution in [3.8, 4) is 6.07 Å². The van der Waals surface area contributed by atoms with Crippen molar-refractivity contribution in [2.75, 3.05) is 0 Å². The lowest BCUT2D eigenvalue weighted by molar-refractivity contribution is -0.0329. The monoisotopic (exact) mass is 243 g/mol. The van der Waals surface area contributed by atoms with E-state index in [1.165, 1.54) is 22.7 Å². The molecule has 0 unspecified atom stereocenters. The van der Waals surface area contributed by atoms with E-state index < -0.39 is 5.51 Å². The quantitative estimate of drug-likeness (QED) is 0.723. The number of rotatable bonds is 1. The van der Waals surface area contributed by atoms with Gasteiger partial charge in [-0.1, -0.05) is 0 Å². The van der Waals surface area contributed by atoms with Gasteiger partial charge in [-0.25, -0.2) is 4.98 Å². The molecule has 0 aliphatic carbocycles. The third-order valence-electron chi connectivity index (χ3n) is 1.82. The molecule has 0 aromatic carbocycles. The third kappa shape index (κ3) is 2.12. The molecule has 16 heavy (non-hydrogen) atoms. The first kappa shape index (κ1) is 10.8. The van der Waals surface area contributed by atoms with E-state index in [9.17, 15) is 13.2 Å². The molecule has 2 rings (SSSR count). The van der Waals surface area contributed by atoms with Gasteiger partial charge in [0.05, 0.1) is 11.8 Å². The summed E-state index contributed by atoms with van der Waals surface area (Å²) < 4.78 is 37.8. The maximum Gasteiger partial charge on any atom is 0.447 e. The van der Waals surface area contributed by atoms with Crippen LogP contribution < -0.4 is 0 Å². The number of hydrogen-bond acceptors (Lipinski definition) is 3. The van der Waals surface area contributed by atoms with Crippen LogP contribution in [-0.2, 0) is 0 Å². The van der Waals surface area contributed by atoms with E-state index in [0.29, 0.717) is 5.65 Å². The van der Waals surface area contributed by atoms with Crippen molar-refractivity contribution in [3.63, 3.8) is 0 Å². The molecule has 0 aliphatic rings. The van der Waals surface area contributed by atoms with Gasteiger partial charge >= 0.3 is 5.51 Å². The molecule has 0 atom stereocenters. The van der Waals surface area contributed by atoms with Crippen molar-refractivity contribution in [1.29, 1.82) is 5.26 Å². The number of pyridine rings is 1. The number of nitriles is 1. The van der Waals surface area contributed by atoms with Crippen LogP contribution in [0, 0.1) is 11.3 Å². The number of hydrogen-bond donors (Lipinski definition) is 0. The summed E-state index contributed by atoms with van der Waals surface area (Å²) in [4.78, 5) is 3.81. The van der Waals surface area contributed by atoms with Crippen molar-refractivity contribution in [2.24, 2.45) is 0 Å². The molecule has 2 aromatic heterocycles. The number of aromatic nitrogens is 2. The number of fused-ring (bicyclic) bond motifs is 1. The predicted molar refractivity (Wildman–Crippen MR) is 51.8 cm³/mol. The minimum absolute atomic E-state index is 0.0559. The summed E-state index contributed by atoms with van der Waals surface area (Å²) in [5, 5.41) is 8.59. The van der Waals surface area contributed by atoms with Gasteiger partial charge in [0.2, 0.25) is 0 Å². The first-order chi connectivity index (χ1) is 7.49. The Bertz CT molecular complexity index is 567. The molecule has 0 amide bonds. The molecule has 0 saturated heterocycles. The molecule has 3 nitrogen and oxygen atoms in total. The Labute approximate surface area is 92.5 Å². The zero-order valence-corrected chi connectivity index (χ0v) is 8.51. The molecule has 0 spiro atoms. The van der Waals surface area contributed by atoms with E-state index >= 15 is 0 Å². The second-order valence-electron chi connectivity index (χ2n) is 2.90. The number of imidazole rings is 1. The summed E-state index contributed by atoms with van der Waals surface area (Å²) in [6, 6.07) is 4.86. The van der Waals surface area contributed by atoms with Gasteiger partial charge in [-0.3, -0.25) is 4.40 Å². The Kier molecular flexibility index (Phi) is 2.52. The Morgan fingerprint density at radius 3 is 2.75 bits per heavy atom. The molecule has 0 fully saturated rings. The van der Waals surface area contributed by atoms with E-state index in [4.69, 9.17) is 5.26 Å². The summed E-state index contributed by atoms with van der Waals surface area (Å²) >= 11 is -0.253. The maximum atomic E-state index is 12.2. The Morgan fingerprint density at radius 1 is 1.38 bits per heavy atom. The summed E-state index contributed by atoms with van der Waals surface area (Å²) in [5.74, 6) is 0. The van der Waals surface area contributed by atoms with Crippen molar-refractivity contribution < 1.29 is 13.2 Å². The molecule has 82 valence electrons. The Hall–Kier alpha value is -1.68. The fraction of sp³-hybridized carbons (Fsp3) is 0.111. The molecule has 2 aromatic rings. The highest BCUT2D eigenvalue weighted by Crippen LogP contribution is 2.36. The van der Waals surface area contributed by atoms with E-state index in [1.807, 2.05) is 6.07 Å². The van der Waals surface area contributed by atoms with Crippen LogP contribution in [0.15, 0.2) is 29.6 Å². The van der Waals surface area contributed by atoms with Gasteiger partial charge in [-0.05, 0) is 12.1 Å². The van der Waals surface area contributed by atoms with Crippen molar-refractivity contribution >= 4 is 17.4 Å². The van der Waals surface area contributed by atoms with Gasteiger partial charge in [0, 0.05) is 18.0 Å². The van der Waals surface area contributed by atoms with Crippen molar-refractivity contribution in [3.05, 3.63) is 30.1 Å². The summed E-state index contributed by atoms with van der Waals surface area (Å²) in [7, 11) is 0. The minimum atomic E-state index is -4.36. The lowest BCUT2D eigenvalue weighted by Crippen LogP contribution is -2.00. The fourth-order valence-electron chi connectivity index (χ4n) is 1.22. The van der Waals surface area contributed by atoms with Crippen LogP contribution in [0.25, 0.3) is 5.65 Å². The minimum Gasteiger partial charge on any atom is -0.293 e. The normalized spacial score (nSPS) is 11.6. The molecule has 0 saturated carbocycles. The second-order valence-corrected chi connectivity index (χ2v) is 3.99. The topological polar surface area (TPSA) is 41.1 Å². The second kappa shape index (κ2) is 3.72. The van der Waals surface area contributed by atoms with Gasteiger partial charge in [0.15, 0.2) is 0 Å². The zero-order valence-electron chi connectivity index (χ0n) is 7.69. The van der Waals surface area contributed by atoms with Gasteiger partial charge in [-0.15, -0.1) is 0 Å².